The first kappa shape index (κ1) is 18.6. The predicted octanol–water partition coefficient (Wildman–Crippen LogP) is 3.02. The minimum atomic E-state index is -0.585. The van der Waals surface area contributed by atoms with Crippen molar-refractivity contribution in [2.24, 2.45) is 0 Å². The van der Waals surface area contributed by atoms with Crippen LogP contribution in [0.15, 0.2) is 58.9 Å². The van der Waals surface area contributed by atoms with Crippen molar-refractivity contribution in [3.63, 3.8) is 0 Å². The summed E-state index contributed by atoms with van der Waals surface area (Å²) in [5.41, 5.74) is 0.365. The van der Waals surface area contributed by atoms with E-state index in [-0.39, 0.29) is 22.4 Å². The van der Waals surface area contributed by atoms with Crippen LogP contribution in [-0.4, -0.2) is 39.8 Å². The molecule has 2 amide bonds. The van der Waals surface area contributed by atoms with Crippen molar-refractivity contribution < 1.29 is 14.0 Å². The van der Waals surface area contributed by atoms with Gasteiger partial charge in [0.25, 0.3) is 11.8 Å². The van der Waals surface area contributed by atoms with Gasteiger partial charge in [-0.05, 0) is 48.6 Å². The third-order valence-electron chi connectivity index (χ3n) is 3.77. The summed E-state index contributed by atoms with van der Waals surface area (Å²) in [6, 6.07) is 11.5. The summed E-state index contributed by atoms with van der Waals surface area (Å²) in [5.74, 6) is -0.785. The van der Waals surface area contributed by atoms with Gasteiger partial charge in [-0.2, -0.15) is 5.26 Å². The molecule has 1 aromatic carbocycles. The number of carbonyl (C=O) groups excluding carboxylic acids is 2. The summed E-state index contributed by atoms with van der Waals surface area (Å²) in [4.78, 5) is 27.6. The zero-order chi connectivity index (χ0) is 19.4. The highest BCUT2D eigenvalue weighted by molar-refractivity contribution is 7.80. The fourth-order valence-corrected chi connectivity index (χ4v) is 2.87. The van der Waals surface area contributed by atoms with Gasteiger partial charge >= 0.3 is 0 Å². The van der Waals surface area contributed by atoms with Crippen LogP contribution >= 0.6 is 23.8 Å². The maximum absolute atomic E-state index is 12.4. The second-order valence-corrected chi connectivity index (χ2v) is 6.33. The summed E-state index contributed by atoms with van der Waals surface area (Å²) in [6.45, 7) is 0.692. The highest BCUT2D eigenvalue weighted by Gasteiger charge is 2.31. The van der Waals surface area contributed by atoms with Crippen molar-refractivity contribution in [2.45, 2.75) is 0 Å². The molecule has 0 saturated carbocycles. The van der Waals surface area contributed by atoms with Crippen molar-refractivity contribution in [1.82, 2.24) is 9.80 Å². The molecular weight excluding hydrogens is 388 g/mol. The fraction of sp³-hybridized carbons (Fsp3) is 0.111. The smallest absolute Gasteiger partial charge is 0.295 e. The van der Waals surface area contributed by atoms with Gasteiger partial charge in [0.05, 0.1) is 6.26 Å². The van der Waals surface area contributed by atoms with E-state index in [2.05, 4.69) is 5.32 Å². The number of nitriles is 1. The van der Waals surface area contributed by atoms with E-state index in [1.165, 1.54) is 22.3 Å². The fourth-order valence-electron chi connectivity index (χ4n) is 2.42. The lowest BCUT2D eigenvalue weighted by molar-refractivity contribution is -0.112. The minimum absolute atomic E-state index is 0.139. The SMILES string of the molecule is N#C/C(=C\N1CCN(C(=O)c2ccco2)C1=S)C(=O)Nc1ccc(Cl)cc1. The molecule has 0 bridgehead atoms. The first-order chi connectivity index (χ1) is 13.0. The van der Waals surface area contributed by atoms with Gasteiger partial charge in [0.15, 0.2) is 10.9 Å². The van der Waals surface area contributed by atoms with E-state index in [1.807, 2.05) is 6.07 Å². The topological polar surface area (TPSA) is 89.6 Å². The molecule has 1 aliphatic heterocycles. The minimum Gasteiger partial charge on any atom is -0.459 e. The van der Waals surface area contributed by atoms with Crippen LogP contribution in [0.4, 0.5) is 5.69 Å². The second-order valence-electron chi connectivity index (χ2n) is 5.53. The van der Waals surface area contributed by atoms with E-state index in [4.69, 9.17) is 28.2 Å². The normalized spacial score (nSPS) is 14.2. The van der Waals surface area contributed by atoms with Crippen molar-refractivity contribution in [1.29, 1.82) is 5.26 Å². The number of benzene rings is 1. The first-order valence-corrected chi connectivity index (χ1v) is 8.63. The van der Waals surface area contributed by atoms with Crippen molar-refractivity contribution >= 4 is 46.4 Å². The zero-order valence-electron chi connectivity index (χ0n) is 13.9. The number of furan rings is 1. The van der Waals surface area contributed by atoms with Gasteiger partial charge in [0, 0.05) is 30.0 Å². The Labute approximate surface area is 165 Å². The molecule has 136 valence electrons. The van der Waals surface area contributed by atoms with Crippen LogP contribution in [0.5, 0.6) is 0 Å². The number of rotatable bonds is 4. The quantitative estimate of drug-likeness (QED) is 0.482. The van der Waals surface area contributed by atoms with Crippen LogP contribution in [0.3, 0.4) is 0 Å². The zero-order valence-corrected chi connectivity index (χ0v) is 15.5. The average Bonchev–Trinajstić information content (AvgIpc) is 3.31. The summed E-state index contributed by atoms with van der Waals surface area (Å²) in [5, 5.41) is 12.7. The van der Waals surface area contributed by atoms with Gasteiger partial charge in [-0.1, -0.05) is 11.6 Å². The molecule has 7 nitrogen and oxygen atoms in total. The summed E-state index contributed by atoms with van der Waals surface area (Å²) >= 11 is 11.1. The van der Waals surface area contributed by atoms with E-state index in [1.54, 1.807) is 36.4 Å². The molecule has 0 unspecified atom stereocenters. The molecule has 1 aromatic heterocycles. The maximum atomic E-state index is 12.4. The Balaban J connectivity index is 1.71. The highest BCUT2D eigenvalue weighted by atomic mass is 35.5. The van der Waals surface area contributed by atoms with Crippen molar-refractivity contribution in [3.8, 4) is 6.07 Å². The number of anilines is 1. The molecule has 1 fully saturated rings. The van der Waals surface area contributed by atoms with E-state index >= 15 is 0 Å². The molecule has 0 atom stereocenters. The Morgan fingerprint density at radius 1 is 1.26 bits per heavy atom. The summed E-state index contributed by atoms with van der Waals surface area (Å²) in [6.07, 6.45) is 2.74. The number of halogens is 1. The molecular formula is C18H13ClN4O3S. The standard InChI is InChI=1S/C18H13ClN4O3S/c19-13-3-5-14(6-4-13)21-16(24)12(10-20)11-22-7-8-23(18(22)27)17(25)15-2-1-9-26-15/h1-6,9,11H,7-8H2,(H,21,24)/b12-11+. The molecule has 1 N–H and O–H groups in total. The molecule has 2 heterocycles. The first-order valence-electron chi connectivity index (χ1n) is 7.84. The Hall–Kier alpha value is -3.15. The van der Waals surface area contributed by atoms with Crippen molar-refractivity contribution in [3.05, 3.63) is 65.2 Å². The average molecular weight is 401 g/mol. The van der Waals surface area contributed by atoms with E-state index in [0.717, 1.165) is 0 Å². The largest absolute Gasteiger partial charge is 0.459 e. The van der Waals surface area contributed by atoms with Crippen LogP contribution < -0.4 is 5.32 Å². The Bertz CT molecular complexity index is 948. The van der Waals surface area contributed by atoms with Crippen molar-refractivity contribution in [2.75, 3.05) is 18.4 Å². The molecule has 2 aromatic rings. The van der Waals surface area contributed by atoms with Crippen LogP contribution in [-0.2, 0) is 4.79 Å². The number of amides is 2. The molecule has 9 heteroatoms. The van der Waals surface area contributed by atoms with Gasteiger partial charge in [-0.3, -0.25) is 14.5 Å². The number of carbonyl (C=O) groups is 2. The third-order valence-corrected chi connectivity index (χ3v) is 4.48. The Kier molecular flexibility index (Phi) is 5.54. The lowest BCUT2D eigenvalue weighted by Gasteiger charge is -2.17. The van der Waals surface area contributed by atoms with E-state index in [0.29, 0.717) is 23.8 Å². The van der Waals surface area contributed by atoms with E-state index < -0.39 is 5.91 Å². The van der Waals surface area contributed by atoms with Crippen LogP contribution in [0.25, 0.3) is 0 Å². The summed E-state index contributed by atoms with van der Waals surface area (Å²) < 4.78 is 5.10. The maximum Gasteiger partial charge on any atom is 0.295 e. The molecule has 0 radical (unpaired) electrons. The lowest BCUT2D eigenvalue weighted by atomic mass is 10.2. The Morgan fingerprint density at radius 2 is 2.00 bits per heavy atom. The number of hydrogen-bond acceptors (Lipinski definition) is 5. The van der Waals surface area contributed by atoms with Gasteiger partial charge in [-0.15, -0.1) is 0 Å². The monoisotopic (exact) mass is 400 g/mol. The van der Waals surface area contributed by atoms with Crippen LogP contribution in [0.1, 0.15) is 10.6 Å². The molecule has 3 rings (SSSR count). The number of nitrogens with one attached hydrogen (secondary N) is 1. The third kappa shape index (κ3) is 4.16. The van der Waals surface area contributed by atoms with Gasteiger partial charge < -0.3 is 14.6 Å². The number of hydrogen-bond donors (Lipinski definition) is 1. The molecule has 0 spiro atoms. The highest BCUT2D eigenvalue weighted by Crippen LogP contribution is 2.17. The predicted molar refractivity (Wildman–Crippen MR) is 103 cm³/mol. The summed E-state index contributed by atoms with van der Waals surface area (Å²) in [7, 11) is 0. The van der Waals surface area contributed by atoms with Gasteiger partial charge in [0.2, 0.25) is 0 Å². The lowest BCUT2D eigenvalue weighted by Crippen LogP contribution is -2.34. The van der Waals surface area contributed by atoms with Crippen LogP contribution in [0, 0.1) is 11.3 Å². The molecule has 27 heavy (non-hydrogen) atoms. The number of nitrogens with zero attached hydrogens (tertiary/aromatic N) is 3. The molecule has 0 aliphatic carbocycles. The van der Waals surface area contributed by atoms with E-state index in [9.17, 15) is 14.9 Å². The molecule has 1 aliphatic rings. The second kappa shape index (κ2) is 8.03. The van der Waals surface area contributed by atoms with Gasteiger partial charge in [0.1, 0.15) is 11.6 Å². The Morgan fingerprint density at radius 3 is 2.63 bits per heavy atom. The molecule has 1 saturated heterocycles. The number of thiocarbonyl (C=S) groups is 1. The van der Waals surface area contributed by atoms with Gasteiger partial charge in [-0.25, -0.2) is 0 Å². The van der Waals surface area contributed by atoms with Crippen LogP contribution in [0.2, 0.25) is 5.02 Å².